The minimum atomic E-state index is -0.570. The number of rotatable bonds is 9. The van der Waals surface area contributed by atoms with Crippen molar-refractivity contribution >= 4 is 135 Å². The molecule has 0 saturated heterocycles. The second kappa shape index (κ2) is 29.4. The van der Waals surface area contributed by atoms with E-state index in [9.17, 15) is 34.0 Å². The molecule has 0 aliphatic heterocycles. The summed E-state index contributed by atoms with van der Waals surface area (Å²) in [6, 6.07) is 32.1. The molecule has 23 heteroatoms. The quantitative estimate of drug-likeness (QED) is 0.0898. The van der Waals surface area contributed by atoms with E-state index in [1.807, 2.05) is 60.7 Å². The monoisotopic (exact) mass is 1050 g/mol. The van der Waals surface area contributed by atoms with Gasteiger partial charge in [0.2, 0.25) is 0 Å². The number of nitriles is 2. The van der Waals surface area contributed by atoms with Gasteiger partial charge in [-0.2, -0.15) is 10.5 Å². The maximum absolute atomic E-state index is 12.3. The van der Waals surface area contributed by atoms with Crippen molar-refractivity contribution in [3.8, 4) is 34.7 Å². The molecule has 15 nitrogen and oxygen atoms in total. The Hall–Kier alpha value is -6.17. The average Bonchev–Trinajstić information content (AvgIpc) is 4.18. The summed E-state index contributed by atoms with van der Waals surface area (Å²) < 4.78 is 9.07. The van der Waals surface area contributed by atoms with E-state index in [1.165, 1.54) is 55.9 Å². The molecule has 0 saturated carbocycles. The van der Waals surface area contributed by atoms with E-state index in [1.54, 1.807) is 6.07 Å². The molecule has 5 heterocycles. The van der Waals surface area contributed by atoms with Crippen molar-refractivity contribution in [2.45, 2.75) is 14.9 Å². The van der Waals surface area contributed by atoms with Crippen molar-refractivity contribution in [3.63, 3.8) is 0 Å². The van der Waals surface area contributed by atoms with Gasteiger partial charge >= 0.3 is 11.9 Å². The number of nitrogens with zero attached hydrogens (tertiary/aromatic N) is 4. The third-order valence-corrected chi connectivity index (χ3v) is 13.0. The van der Waals surface area contributed by atoms with E-state index in [4.69, 9.17) is 50.9 Å². The fourth-order valence-corrected chi connectivity index (χ4v) is 8.69. The number of esters is 2. The van der Waals surface area contributed by atoms with Gasteiger partial charge in [0.15, 0.2) is 10.3 Å². The number of halogens is 3. The van der Waals surface area contributed by atoms with Crippen molar-refractivity contribution in [1.29, 1.82) is 10.5 Å². The number of methoxy groups -OCH3 is 2. The predicted octanol–water partition coefficient (Wildman–Crippen LogP) is 11.3. The molecule has 0 aliphatic rings. The number of benzene rings is 2. The number of nitrogens with two attached hydrogens (primary N) is 1. The Kier molecular flexibility index (Phi) is 25.8. The first-order chi connectivity index (χ1) is 30.7. The molecular weight excluding hydrogens is 1010 g/mol. The van der Waals surface area contributed by atoms with Crippen molar-refractivity contribution < 1.29 is 43.3 Å². The highest BCUT2D eigenvalue weighted by Crippen LogP contribution is 2.32. The van der Waals surface area contributed by atoms with Gasteiger partial charge in [-0.1, -0.05) is 98.2 Å². The molecule has 4 N–H and O–H groups in total. The van der Waals surface area contributed by atoms with Crippen molar-refractivity contribution in [1.82, 2.24) is 9.97 Å². The maximum Gasteiger partial charge on any atom is 0.348 e. The van der Waals surface area contributed by atoms with Gasteiger partial charge < -0.3 is 20.3 Å². The number of thiazole rings is 2. The molecule has 0 bridgehead atoms. The van der Waals surface area contributed by atoms with Gasteiger partial charge in [0.1, 0.15) is 43.0 Å². The fourth-order valence-electron chi connectivity index (χ4n) is 4.48. The number of carbonyl (C=O) groups excluding carboxylic acids is 6. The summed E-state index contributed by atoms with van der Waals surface area (Å²) in [7, 11) is 3.57. The molecule has 0 aliphatic carbocycles. The number of nitrogens with one attached hydrogen (secondary N) is 1. The topological polar surface area (TPSA) is 253 Å². The third kappa shape index (κ3) is 17.0. The van der Waals surface area contributed by atoms with Crippen LogP contribution in [0, 0.1) is 22.7 Å². The van der Waals surface area contributed by atoms with Crippen LogP contribution in [0.1, 0.15) is 82.6 Å². The van der Waals surface area contributed by atoms with Gasteiger partial charge in [-0.3, -0.25) is 24.5 Å². The Balaban J connectivity index is 0.000000457. The second-order valence-electron chi connectivity index (χ2n) is 11.1. The summed E-state index contributed by atoms with van der Waals surface area (Å²) in [6.45, 7) is 0. The van der Waals surface area contributed by atoms with Crippen LogP contribution in [0.25, 0.3) is 22.5 Å². The minimum absolute atomic E-state index is 0. The largest absolute Gasteiger partial charge is 0.465 e. The summed E-state index contributed by atoms with van der Waals surface area (Å²) in [5.74, 6) is -1.33. The number of amides is 1. The SMILES string of the molecule is C.C.CO.COC(=O)c1ccc(C(=O)Cl)s1.COC(=O)c1ccc(C(=O)Nc2nc(-c3ccccc3)c(C#N)s2)s1.N#Cc1sc(N)nc1-c1ccccc1.O=C(Cl)c1ccc(C(=O)Cl)s1. The highest BCUT2D eigenvalue weighted by Gasteiger charge is 2.18. The number of ether oxygens (including phenoxy) is 2. The van der Waals surface area contributed by atoms with E-state index >= 15 is 0 Å². The molecule has 0 unspecified atom stereocenters. The number of hydrogen-bond donors (Lipinski definition) is 3. The molecule has 7 rings (SSSR count). The predicted molar refractivity (Wildman–Crippen MR) is 265 cm³/mol. The van der Waals surface area contributed by atoms with Crippen LogP contribution in [-0.4, -0.2) is 70.0 Å². The molecule has 1 amide bonds. The van der Waals surface area contributed by atoms with Crippen molar-refractivity contribution in [3.05, 3.63) is 136 Å². The van der Waals surface area contributed by atoms with Gasteiger partial charge in [0.25, 0.3) is 21.6 Å². The Morgan fingerprint density at radius 1 is 0.561 bits per heavy atom. The lowest BCUT2D eigenvalue weighted by molar-refractivity contribution is 0.0597. The number of aliphatic hydroxyl groups excluding tert-OH is 1. The van der Waals surface area contributed by atoms with Gasteiger partial charge in [0.05, 0.1) is 33.7 Å². The average molecular weight is 1050 g/mol. The summed E-state index contributed by atoms with van der Waals surface area (Å²) >= 11 is 20.8. The molecule has 66 heavy (non-hydrogen) atoms. The standard InChI is InChI=1S/C17H11N3O3S2.C10H7N3S.C7H5ClO3S.C6H2Cl2O2S.CH4O.2CH4/c1-23-16(22)12-8-7-11(24-12)15(21)20-17-19-14(13(9-18)25-17)10-5-3-2-4-6-10;11-6-8-9(13-10(12)14-8)7-4-2-1-3-5-7;1-11-7(10)5-3-2-4(12-5)6(8)9;7-5(9)3-1-2-4(11-3)6(8)10;1-2;;/h2-8H,1H3,(H,19,20,21);1-5H,(H2,12,13);2-3H,1H3;1-2H;2H,1H3;2*1H4. The van der Waals surface area contributed by atoms with Crippen LogP contribution < -0.4 is 11.1 Å². The molecular formula is C43H37Cl3N6O9S5. The van der Waals surface area contributed by atoms with E-state index in [-0.39, 0.29) is 14.9 Å². The lowest BCUT2D eigenvalue weighted by Crippen LogP contribution is -2.09. The number of aliphatic hydroxyl groups is 1. The first-order valence-electron chi connectivity index (χ1n) is 17.2. The third-order valence-electron chi connectivity index (χ3n) is 7.18. The summed E-state index contributed by atoms with van der Waals surface area (Å²) in [5.41, 5.74) is 8.49. The summed E-state index contributed by atoms with van der Waals surface area (Å²) in [4.78, 5) is 77.8. The number of thiophene rings is 3. The van der Waals surface area contributed by atoms with Gasteiger partial charge in [-0.25, -0.2) is 19.6 Å². The Morgan fingerprint density at radius 2 is 0.909 bits per heavy atom. The Bertz CT molecular complexity index is 2780. The zero-order valence-corrected chi connectivity index (χ0v) is 39.3. The zero-order chi connectivity index (χ0) is 47.3. The van der Waals surface area contributed by atoms with Crippen LogP contribution in [0.3, 0.4) is 0 Å². The van der Waals surface area contributed by atoms with E-state index in [0.29, 0.717) is 60.7 Å². The number of carbonyl (C=O) groups is 6. The van der Waals surface area contributed by atoms with Crippen molar-refractivity contribution in [2.24, 2.45) is 0 Å². The van der Waals surface area contributed by atoms with E-state index in [0.717, 1.165) is 63.6 Å². The number of hydrogen-bond acceptors (Lipinski definition) is 19. The normalized spacial score (nSPS) is 9.29. The highest BCUT2D eigenvalue weighted by molar-refractivity contribution is 7.19. The van der Waals surface area contributed by atoms with Gasteiger partial charge in [-0.05, 0) is 71.2 Å². The number of anilines is 2. The second-order valence-corrected chi connectivity index (χ2v) is 17.4. The molecule has 0 radical (unpaired) electrons. The van der Waals surface area contributed by atoms with Crippen LogP contribution in [0.2, 0.25) is 0 Å². The fraction of sp³-hybridized carbons (Fsp3) is 0.116. The Labute approximate surface area is 414 Å². The van der Waals surface area contributed by atoms with Crippen molar-refractivity contribution in [2.75, 3.05) is 32.4 Å². The van der Waals surface area contributed by atoms with Crippen LogP contribution in [0.15, 0.2) is 97.1 Å². The molecule has 0 fully saturated rings. The molecule has 344 valence electrons. The van der Waals surface area contributed by atoms with E-state index in [2.05, 4.69) is 36.9 Å². The summed E-state index contributed by atoms with van der Waals surface area (Å²) in [6.07, 6.45) is 0. The molecule has 5 aromatic heterocycles. The maximum atomic E-state index is 12.3. The zero-order valence-electron chi connectivity index (χ0n) is 33.0. The molecule has 7 aromatic rings. The molecule has 0 atom stereocenters. The first kappa shape index (κ1) is 57.8. The summed E-state index contributed by atoms with van der Waals surface area (Å²) in [5, 5.41) is 26.9. The minimum Gasteiger partial charge on any atom is -0.465 e. The number of nitrogen functional groups attached to an aromatic ring is 1. The van der Waals surface area contributed by atoms with Crippen LogP contribution in [0.5, 0.6) is 0 Å². The van der Waals surface area contributed by atoms with Crippen LogP contribution >= 0.6 is 91.5 Å². The van der Waals surface area contributed by atoms with Gasteiger partial charge in [-0.15, -0.1) is 34.0 Å². The smallest absolute Gasteiger partial charge is 0.348 e. The van der Waals surface area contributed by atoms with Crippen LogP contribution in [0.4, 0.5) is 10.3 Å². The highest BCUT2D eigenvalue weighted by atomic mass is 35.5. The van der Waals surface area contributed by atoms with Gasteiger partial charge in [0, 0.05) is 18.2 Å². The lowest BCUT2D eigenvalue weighted by Gasteiger charge is -1.98. The number of aromatic nitrogens is 2. The first-order valence-corrected chi connectivity index (χ1v) is 22.4. The van der Waals surface area contributed by atoms with E-state index < -0.39 is 33.6 Å². The molecule has 0 spiro atoms. The van der Waals surface area contributed by atoms with Crippen LogP contribution in [-0.2, 0) is 9.47 Å². The molecule has 2 aromatic carbocycles. The Morgan fingerprint density at radius 3 is 1.29 bits per heavy atom. The lowest BCUT2D eigenvalue weighted by atomic mass is 10.1.